The summed E-state index contributed by atoms with van der Waals surface area (Å²) in [6, 6.07) is -0.00486. The van der Waals surface area contributed by atoms with Crippen LogP contribution < -0.4 is 5.32 Å². The van der Waals surface area contributed by atoms with Gasteiger partial charge in [0.1, 0.15) is 6.10 Å². The van der Waals surface area contributed by atoms with Crippen LogP contribution in [-0.2, 0) is 11.8 Å². The Kier molecular flexibility index (Phi) is 4.07. The third kappa shape index (κ3) is 3.01. The van der Waals surface area contributed by atoms with E-state index in [1.807, 2.05) is 37.1 Å². The minimum absolute atomic E-state index is 0.00486. The summed E-state index contributed by atoms with van der Waals surface area (Å²) in [6.07, 6.45) is 5.53. The van der Waals surface area contributed by atoms with E-state index in [0.29, 0.717) is 0 Å². The Hall–Kier alpha value is -1.66. The molecule has 1 aliphatic rings. The second-order valence-electron chi connectivity index (χ2n) is 5.43. The fourth-order valence-corrected chi connectivity index (χ4v) is 3.51. The van der Waals surface area contributed by atoms with Crippen LogP contribution in [0.3, 0.4) is 0 Å². The maximum Gasteiger partial charge on any atom is 0.252 e. The van der Waals surface area contributed by atoms with Crippen molar-refractivity contribution in [3.63, 3.8) is 0 Å². The van der Waals surface area contributed by atoms with Gasteiger partial charge in [0.05, 0.1) is 17.8 Å². The molecule has 0 saturated carbocycles. The molecule has 1 N–H and O–H groups in total. The van der Waals surface area contributed by atoms with Gasteiger partial charge in [0.2, 0.25) is 0 Å². The van der Waals surface area contributed by atoms with Crippen LogP contribution in [0.15, 0.2) is 23.2 Å². The van der Waals surface area contributed by atoms with Crippen molar-refractivity contribution in [2.45, 2.75) is 31.9 Å². The van der Waals surface area contributed by atoms with E-state index in [1.54, 1.807) is 16.0 Å². The van der Waals surface area contributed by atoms with Crippen molar-refractivity contribution >= 4 is 17.2 Å². The third-order valence-corrected chi connectivity index (χ3v) is 4.65. The average molecular weight is 305 g/mol. The van der Waals surface area contributed by atoms with Crippen LogP contribution in [-0.4, -0.2) is 28.3 Å². The fraction of sp³-hybridized carbons (Fsp3) is 0.467. The van der Waals surface area contributed by atoms with Gasteiger partial charge in [0.15, 0.2) is 0 Å². The SMILES string of the molecule is Cc1cscc1C(=O)N[C@H]1CCCO[C@@H]1c1cnn(C)c1. The Bertz CT molecular complexity index is 634. The first-order valence-electron chi connectivity index (χ1n) is 7.09. The lowest BCUT2D eigenvalue weighted by Crippen LogP contribution is -2.42. The van der Waals surface area contributed by atoms with Crippen molar-refractivity contribution in [3.8, 4) is 0 Å². The van der Waals surface area contributed by atoms with Gasteiger partial charge < -0.3 is 10.1 Å². The zero-order valence-electron chi connectivity index (χ0n) is 12.2. The minimum Gasteiger partial charge on any atom is -0.371 e. The van der Waals surface area contributed by atoms with Gasteiger partial charge >= 0.3 is 0 Å². The highest BCUT2D eigenvalue weighted by atomic mass is 32.1. The van der Waals surface area contributed by atoms with Gasteiger partial charge in [-0.05, 0) is 30.7 Å². The molecule has 0 bridgehead atoms. The van der Waals surface area contributed by atoms with E-state index < -0.39 is 0 Å². The van der Waals surface area contributed by atoms with Crippen molar-refractivity contribution in [2.75, 3.05) is 6.61 Å². The first-order chi connectivity index (χ1) is 10.1. The first-order valence-corrected chi connectivity index (χ1v) is 8.03. The molecule has 3 rings (SSSR count). The van der Waals surface area contributed by atoms with Crippen molar-refractivity contribution in [3.05, 3.63) is 39.8 Å². The summed E-state index contributed by atoms with van der Waals surface area (Å²) in [6.45, 7) is 2.69. The van der Waals surface area contributed by atoms with E-state index in [2.05, 4.69) is 10.4 Å². The molecule has 1 amide bonds. The molecule has 3 heterocycles. The number of ether oxygens (including phenoxy) is 1. The molecule has 0 radical (unpaired) electrons. The zero-order valence-corrected chi connectivity index (χ0v) is 13.0. The van der Waals surface area contributed by atoms with Crippen LogP contribution in [0.5, 0.6) is 0 Å². The number of hydrogen-bond acceptors (Lipinski definition) is 4. The molecule has 1 saturated heterocycles. The molecular weight excluding hydrogens is 286 g/mol. The standard InChI is InChI=1S/C15H19N3O2S/c1-10-8-21-9-12(10)15(19)17-13-4-3-5-20-14(13)11-6-16-18(2)7-11/h6-9,13-14H,3-5H2,1-2H3,(H,17,19)/t13-,14+/m0/s1. The second-order valence-corrected chi connectivity index (χ2v) is 6.17. The number of aromatic nitrogens is 2. The summed E-state index contributed by atoms with van der Waals surface area (Å²) < 4.78 is 7.63. The molecule has 0 spiro atoms. The Morgan fingerprint density at radius 2 is 2.38 bits per heavy atom. The summed E-state index contributed by atoms with van der Waals surface area (Å²) in [5, 5.41) is 11.2. The summed E-state index contributed by atoms with van der Waals surface area (Å²) in [4.78, 5) is 12.4. The highest BCUT2D eigenvalue weighted by Gasteiger charge is 2.30. The van der Waals surface area contributed by atoms with Crippen LogP contribution in [0.2, 0.25) is 0 Å². The molecule has 0 aliphatic carbocycles. The van der Waals surface area contributed by atoms with E-state index in [-0.39, 0.29) is 18.1 Å². The van der Waals surface area contributed by atoms with E-state index >= 15 is 0 Å². The van der Waals surface area contributed by atoms with E-state index in [0.717, 1.165) is 36.1 Å². The van der Waals surface area contributed by atoms with Gasteiger partial charge in [0.25, 0.3) is 5.91 Å². The van der Waals surface area contributed by atoms with Crippen LogP contribution in [0.4, 0.5) is 0 Å². The maximum atomic E-state index is 12.4. The van der Waals surface area contributed by atoms with Crippen molar-refractivity contribution < 1.29 is 9.53 Å². The highest BCUT2D eigenvalue weighted by Crippen LogP contribution is 2.28. The summed E-state index contributed by atoms with van der Waals surface area (Å²) in [5.41, 5.74) is 2.80. The normalized spacial score (nSPS) is 22.2. The number of carbonyl (C=O) groups excluding carboxylic acids is 1. The quantitative estimate of drug-likeness (QED) is 0.947. The molecule has 0 unspecified atom stereocenters. The van der Waals surface area contributed by atoms with Crippen LogP contribution >= 0.6 is 11.3 Å². The van der Waals surface area contributed by atoms with E-state index in [1.165, 1.54) is 0 Å². The lowest BCUT2D eigenvalue weighted by Gasteiger charge is -2.31. The van der Waals surface area contributed by atoms with Gasteiger partial charge in [0, 0.05) is 30.8 Å². The predicted octanol–water partition coefficient (Wildman–Crippen LogP) is 2.44. The number of amides is 1. The van der Waals surface area contributed by atoms with Crippen LogP contribution in [0, 0.1) is 6.92 Å². The number of nitrogens with zero attached hydrogens (tertiary/aromatic N) is 2. The van der Waals surface area contributed by atoms with Crippen LogP contribution in [0.1, 0.15) is 40.4 Å². The lowest BCUT2D eigenvalue weighted by molar-refractivity contribution is -0.00949. The Labute approximate surface area is 127 Å². The van der Waals surface area contributed by atoms with Crippen LogP contribution in [0.25, 0.3) is 0 Å². The largest absolute Gasteiger partial charge is 0.371 e. The number of rotatable bonds is 3. The maximum absolute atomic E-state index is 12.4. The fourth-order valence-electron chi connectivity index (χ4n) is 2.68. The molecule has 0 aromatic carbocycles. The number of hydrogen-bond donors (Lipinski definition) is 1. The zero-order chi connectivity index (χ0) is 14.8. The topological polar surface area (TPSA) is 56.1 Å². The Morgan fingerprint density at radius 1 is 1.52 bits per heavy atom. The number of carbonyl (C=O) groups is 1. The Balaban J connectivity index is 1.76. The summed E-state index contributed by atoms with van der Waals surface area (Å²) in [5.74, 6) is -0.0156. The smallest absolute Gasteiger partial charge is 0.252 e. The average Bonchev–Trinajstić information content (AvgIpc) is 3.08. The van der Waals surface area contributed by atoms with Gasteiger partial charge in [-0.2, -0.15) is 16.4 Å². The van der Waals surface area contributed by atoms with Crippen molar-refractivity contribution in [1.82, 2.24) is 15.1 Å². The molecule has 6 heteroatoms. The Morgan fingerprint density at radius 3 is 3.05 bits per heavy atom. The minimum atomic E-state index is -0.115. The number of aryl methyl sites for hydroxylation is 2. The monoisotopic (exact) mass is 305 g/mol. The molecule has 1 aliphatic heterocycles. The van der Waals surface area contributed by atoms with Gasteiger partial charge in [-0.25, -0.2) is 0 Å². The number of thiophene rings is 1. The molecule has 2 aromatic rings. The highest BCUT2D eigenvalue weighted by molar-refractivity contribution is 7.08. The summed E-state index contributed by atoms with van der Waals surface area (Å²) in [7, 11) is 1.88. The molecule has 112 valence electrons. The first kappa shape index (κ1) is 14.3. The molecule has 1 fully saturated rings. The molecule has 2 atom stereocenters. The van der Waals surface area contributed by atoms with E-state index in [9.17, 15) is 4.79 Å². The molecule has 5 nitrogen and oxygen atoms in total. The number of nitrogens with one attached hydrogen (secondary N) is 1. The molecule has 2 aromatic heterocycles. The second kappa shape index (κ2) is 5.99. The van der Waals surface area contributed by atoms with Gasteiger partial charge in [-0.3, -0.25) is 9.48 Å². The van der Waals surface area contributed by atoms with Crippen molar-refractivity contribution in [2.24, 2.45) is 7.05 Å². The van der Waals surface area contributed by atoms with E-state index in [4.69, 9.17) is 4.74 Å². The lowest BCUT2D eigenvalue weighted by atomic mass is 9.97. The van der Waals surface area contributed by atoms with Gasteiger partial charge in [-0.15, -0.1) is 0 Å². The third-order valence-electron chi connectivity index (χ3n) is 3.79. The predicted molar refractivity (Wildman–Crippen MR) is 81.4 cm³/mol. The summed E-state index contributed by atoms with van der Waals surface area (Å²) >= 11 is 1.55. The molecular formula is C15H19N3O2S. The molecule has 21 heavy (non-hydrogen) atoms. The van der Waals surface area contributed by atoms with Gasteiger partial charge in [-0.1, -0.05) is 0 Å². The van der Waals surface area contributed by atoms with Crippen molar-refractivity contribution in [1.29, 1.82) is 0 Å².